The Bertz CT molecular complexity index is 1450. The largest absolute Gasteiger partial charge is 0.495 e. The number of nitrogens with two attached hydrogens (primary N) is 2. The van der Waals surface area contributed by atoms with Crippen LogP contribution in [0.2, 0.25) is 0 Å². The number of ether oxygens (including phenoxy) is 4. The van der Waals surface area contributed by atoms with E-state index in [9.17, 15) is 16.8 Å². The predicted molar refractivity (Wildman–Crippen MR) is 153 cm³/mol. The van der Waals surface area contributed by atoms with Gasteiger partial charge in [-0.25, -0.2) is 27.1 Å². The Hall–Kier alpha value is -3.36. The van der Waals surface area contributed by atoms with Gasteiger partial charge < -0.3 is 24.3 Å². The summed E-state index contributed by atoms with van der Waals surface area (Å²) in [4.78, 5) is 0.00284. The van der Waals surface area contributed by atoms with E-state index in [-0.39, 0.29) is 27.3 Å². The maximum absolute atomic E-state index is 11.7. The van der Waals surface area contributed by atoms with Crippen LogP contribution in [0.5, 0.6) is 23.0 Å². The van der Waals surface area contributed by atoms with Crippen LogP contribution in [0.3, 0.4) is 0 Å². The highest BCUT2D eigenvalue weighted by Gasteiger charge is 2.16. The summed E-state index contributed by atoms with van der Waals surface area (Å²) in [7, 11) is -4.71. The Morgan fingerprint density at radius 3 is 1.80 bits per heavy atom. The summed E-state index contributed by atoms with van der Waals surface area (Å²) in [6, 6.07) is 18.9. The third kappa shape index (κ3) is 10.3. The zero-order valence-electron chi connectivity index (χ0n) is 23.0. The summed E-state index contributed by atoms with van der Waals surface area (Å²) in [6.45, 7) is 5.66. The first-order valence-corrected chi connectivity index (χ1v) is 15.4. The fourth-order valence-electron chi connectivity index (χ4n) is 3.66. The van der Waals surface area contributed by atoms with Crippen molar-refractivity contribution < 1.29 is 35.8 Å². The molecule has 0 fully saturated rings. The molecule has 40 heavy (non-hydrogen) atoms. The van der Waals surface area contributed by atoms with Gasteiger partial charge in [0.25, 0.3) is 0 Å². The van der Waals surface area contributed by atoms with Crippen LogP contribution < -0.4 is 34.5 Å². The second-order valence-electron chi connectivity index (χ2n) is 8.51. The highest BCUT2D eigenvalue weighted by Crippen LogP contribution is 2.26. The molecule has 0 heterocycles. The number of para-hydroxylation sites is 3. The monoisotopic (exact) mass is 595 g/mol. The van der Waals surface area contributed by atoms with E-state index < -0.39 is 20.0 Å². The second kappa shape index (κ2) is 15.4. The van der Waals surface area contributed by atoms with Crippen LogP contribution in [-0.4, -0.2) is 56.9 Å². The van der Waals surface area contributed by atoms with Gasteiger partial charge in [-0.05, 0) is 62.2 Å². The maximum atomic E-state index is 11.7. The van der Waals surface area contributed by atoms with Crippen molar-refractivity contribution in [1.29, 1.82) is 0 Å². The molecule has 0 saturated heterocycles. The summed E-state index contributed by atoms with van der Waals surface area (Å²) in [5, 5.41) is 13.6. The molecule has 0 radical (unpaired) electrons. The fourth-order valence-corrected chi connectivity index (χ4v) is 5.11. The molecule has 0 aromatic heterocycles. The number of rotatable bonds is 13. The van der Waals surface area contributed by atoms with E-state index in [0.717, 1.165) is 11.3 Å². The van der Waals surface area contributed by atoms with Gasteiger partial charge in [0.05, 0.1) is 20.8 Å². The Labute approximate surface area is 236 Å². The molecule has 13 heteroatoms. The minimum atomic E-state index is -3.84. The second-order valence-corrected chi connectivity index (χ2v) is 11.6. The van der Waals surface area contributed by atoms with Gasteiger partial charge in [0, 0.05) is 12.6 Å². The van der Waals surface area contributed by atoms with Crippen molar-refractivity contribution in [3.05, 3.63) is 72.3 Å². The van der Waals surface area contributed by atoms with Crippen molar-refractivity contribution in [1.82, 2.24) is 5.32 Å². The summed E-state index contributed by atoms with van der Waals surface area (Å²) in [5.41, 5.74) is 0.854. The van der Waals surface area contributed by atoms with Gasteiger partial charge in [-0.1, -0.05) is 30.3 Å². The molecular weight excluding hydrogens is 558 g/mol. The first kappa shape index (κ1) is 32.8. The van der Waals surface area contributed by atoms with E-state index >= 15 is 0 Å². The Morgan fingerprint density at radius 2 is 1.27 bits per heavy atom. The molecule has 0 aliphatic carbocycles. The zero-order chi connectivity index (χ0) is 29.8. The lowest BCUT2D eigenvalue weighted by atomic mass is 10.1. The fraction of sp³-hybridized carbons (Fsp3) is 0.333. The minimum Gasteiger partial charge on any atom is -0.495 e. The highest BCUT2D eigenvalue weighted by atomic mass is 32.2. The van der Waals surface area contributed by atoms with E-state index in [1.807, 2.05) is 44.2 Å². The Kier molecular flexibility index (Phi) is 12.7. The lowest BCUT2D eigenvalue weighted by Gasteiger charge is -2.16. The van der Waals surface area contributed by atoms with Gasteiger partial charge in [-0.2, -0.15) is 0 Å². The molecule has 1 unspecified atom stereocenters. The molecule has 1 atom stereocenters. The molecule has 11 nitrogen and oxygen atoms in total. The molecule has 3 rings (SSSR count). The summed E-state index contributed by atoms with van der Waals surface area (Å²) < 4.78 is 66.5. The smallest absolute Gasteiger partial charge is 0.241 e. The van der Waals surface area contributed by atoms with Gasteiger partial charge in [-0.15, -0.1) is 0 Å². The minimum absolute atomic E-state index is 0.00411. The quantitative estimate of drug-likeness (QED) is 0.252. The predicted octanol–water partition coefficient (Wildman–Crippen LogP) is 2.68. The van der Waals surface area contributed by atoms with Crippen molar-refractivity contribution in [3.63, 3.8) is 0 Å². The average Bonchev–Trinajstić information content (AvgIpc) is 2.91. The molecule has 5 N–H and O–H groups in total. The number of nitrogens with one attached hydrogen (secondary N) is 1. The average molecular weight is 596 g/mol. The summed E-state index contributed by atoms with van der Waals surface area (Å²) >= 11 is 0. The zero-order valence-corrected chi connectivity index (χ0v) is 24.6. The van der Waals surface area contributed by atoms with Crippen molar-refractivity contribution in [2.45, 2.75) is 36.1 Å². The van der Waals surface area contributed by atoms with Crippen LogP contribution in [0.25, 0.3) is 0 Å². The molecule has 0 bridgehead atoms. The summed E-state index contributed by atoms with van der Waals surface area (Å²) in [5.74, 6) is 1.95. The van der Waals surface area contributed by atoms with E-state index in [1.165, 1.54) is 20.3 Å². The number of benzene rings is 3. The first-order valence-electron chi connectivity index (χ1n) is 12.3. The van der Waals surface area contributed by atoms with Gasteiger partial charge >= 0.3 is 0 Å². The van der Waals surface area contributed by atoms with Crippen LogP contribution in [0, 0.1) is 0 Å². The SMILES string of the molecule is CCOc1ccccc1OCCNC(C)Cc1ccc(OC)c(S(N)(=O)=O)c1.COc1ccccc1S(N)(=O)=O. The van der Waals surface area contributed by atoms with Gasteiger partial charge in [-0.3, -0.25) is 0 Å². The number of hydrogen-bond donors (Lipinski definition) is 3. The van der Waals surface area contributed by atoms with E-state index in [0.29, 0.717) is 31.9 Å². The van der Waals surface area contributed by atoms with E-state index in [4.69, 9.17) is 29.2 Å². The van der Waals surface area contributed by atoms with Crippen molar-refractivity contribution >= 4 is 20.0 Å². The third-order valence-corrected chi connectivity index (χ3v) is 7.34. The van der Waals surface area contributed by atoms with Crippen LogP contribution in [-0.2, 0) is 26.5 Å². The number of hydrogen-bond acceptors (Lipinski definition) is 9. The standard InChI is InChI=1S/C20H28N2O5S.C7H9NO3S/c1-4-26-17-7-5-6-8-18(17)27-12-11-22-15(2)13-16-9-10-19(25-3)20(14-16)28(21,23)24;1-11-6-4-2-3-5-7(6)12(8,9)10/h5-10,14-15,22H,4,11-13H2,1-3H3,(H2,21,23,24);2-5H,1H3,(H2,8,9,10). The lowest BCUT2D eigenvalue weighted by Crippen LogP contribution is -2.32. The van der Waals surface area contributed by atoms with Gasteiger partial charge in [0.1, 0.15) is 27.9 Å². The summed E-state index contributed by atoms with van der Waals surface area (Å²) in [6.07, 6.45) is 0.641. The van der Waals surface area contributed by atoms with Crippen molar-refractivity contribution in [2.75, 3.05) is 34.0 Å². The van der Waals surface area contributed by atoms with Crippen LogP contribution >= 0.6 is 0 Å². The van der Waals surface area contributed by atoms with Crippen molar-refractivity contribution in [3.8, 4) is 23.0 Å². The third-order valence-electron chi connectivity index (χ3n) is 5.45. The number of methoxy groups -OCH3 is 2. The molecule has 0 aliphatic heterocycles. The van der Waals surface area contributed by atoms with Crippen molar-refractivity contribution in [2.24, 2.45) is 10.3 Å². The molecule has 220 valence electrons. The van der Waals surface area contributed by atoms with E-state index in [1.54, 1.807) is 30.3 Å². The number of primary sulfonamides is 2. The first-order chi connectivity index (χ1) is 18.9. The van der Waals surface area contributed by atoms with Crippen LogP contribution in [0.4, 0.5) is 0 Å². The topological polar surface area (TPSA) is 169 Å². The molecule has 3 aromatic carbocycles. The Morgan fingerprint density at radius 1 is 0.750 bits per heavy atom. The highest BCUT2D eigenvalue weighted by molar-refractivity contribution is 7.89. The molecule has 0 amide bonds. The molecular formula is C27H37N3O8S2. The van der Waals surface area contributed by atoms with E-state index in [2.05, 4.69) is 5.32 Å². The van der Waals surface area contributed by atoms with Gasteiger partial charge in [0.15, 0.2) is 11.5 Å². The molecule has 3 aromatic rings. The van der Waals surface area contributed by atoms with Crippen LogP contribution in [0.15, 0.2) is 76.5 Å². The Balaban J connectivity index is 0.000000389. The lowest BCUT2D eigenvalue weighted by molar-refractivity contribution is 0.272. The normalized spacial score (nSPS) is 12.1. The van der Waals surface area contributed by atoms with Crippen LogP contribution in [0.1, 0.15) is 19.4 Å². The van der Waals surface area contributed by atoms with Gasteiger partial charge in [0.2, 0.25) is 20.0 Å². The molecule has 0 aliphatic rings. The molecule has 0 spiro atoms. The maximum Gasteiger partial charge on any atom is 0.241 e. The molecule has 0 saturated carbocycles. The number of sulfonamides is 2.